The summed E-state index contributed by atoms with van der Waals surface area (Å²) in [5.74, 6) is 0.804. The van der Waals surface area contributed by atoms with Gasteiger partial charge < -0.3 is 16.4 Å². The van der Waals surface area contributed by atoms with Crippen LogP contribution in [0.3, 0.4) is 0 Å². The molecule has 0 saturated carbocycles. The van der Waals surface area contributed by atoms with Gasteiger partial charge in [-0.2, -0.15) is 9.97 Å². The van der Waals surface area contributed by atoms with Crippen molar-refractivity contribution >= 4 is 23.3 Å². The lowest BCUT2D eigenvalue weighted by Gasteiger charge is -2.12. The van der Waals surface area contributed by atoms with E-state index in [4.69, 9.17) is 5.73 Å². The van der Waals surface area contributed by atoms with Crippen LogP contribution in [0.15, 0.2) is 35.5 Å². The Morgan fingerprint density at radius 1 is 1.14 bits per heavy atom. The van der Waals surface area contributed by atoms with Crippen molar-refractivity contribution < 1.29 is 0 Å². The SMILES string of the molecule is CCCCNc1nc(N)nc(NCc2ccccc2)c1N=O. The predicted octanol–water partition coefficient (Wildman–Crippen LogP) is 3.28. The highest BCUT2D eigenvalue weighted by Crippen LogP contribution is 2.31. The molecule has 0 saturated heterocycles. The van der Waals surface area contributed by atoms with Gasteiger partial charge in [-0.05, 0) is 17.2 Å². The Bertz CT molecular complexity index is 617. The Hall–Kier alpha value is -2.70. The van der Waals surface area contributed by atoms with Crippen molar-refractivity contribution in [3.63, 3.8) is 0 Å². The zero-order chi connectivity index (χ0) is 15.8. The third-order valence-corrected chi connectivity index (χ3v) is 3.12. The van der Waals surface area contributed by atoms with Gasteiger partial charge in [0.2, 0.25) is 5.95 Å². The molecule has 1 aromatic heterocycles. The number of hydrogen-bond donors (Lipinski definition) is 3. The number of nitrogens with two attached hydrogens (primary N) is 1. The molecular weight excluding hydrogens is 280 g/mol. The van der Waals surface area contributed by atoms with Crippen LogP contribution < -0.4 is 16.4 Å². The topological polar surface area (TPSA) is 105 Å². The van der Waals surface area contributed by atoms with Crippen molar-refractivity contribution in [1.82, 2.24) is 9.97 Å². The lowest BCUT2D eigenvalue weighted by molar-refractivity contribution is 0.830. The van der Waals surface area contributed by atoms with Crippen LogP contribution >= 0.6 is 0 Å². The minimum absolute atomic E-state index is 0.0990. The second-order valence-corrected chi connectivity index (χ2v) is 4.84. The van der Waals surface area contributed by atoms with E-state index in [1.807, 2.05) is 30.3 Å². The summed E-state index contributed by atoms with van der Waals surface area (Å²) in [4.78, 5) is 19.3. The second-order valence-electron chi connectivity index (χ2n) is 4.84. The maximum atomic E-state index is 11.2. The van der Waals surface area contributed by atoms with Crippen molar-refractivity contribution in [2.75, 3.05) is 22.9 Å². The Morgan fingerprint density at radius 3 is 2.45 bits per heavy atom. The molecule has 0 bridgehead atoms. The number of nitrogens with one attached hydrogen (secondary N) is 2. The number of aromatic nitrogens is 2. The zero-order valence-electron chi connectivity index (χ0n) is 12.5. The molecule has 2 rings (SSSR count). The van der Waals surface area contributed by atoms with E-state index in [0.717, 1.165) is 18.4 Å². The van der Waals surface area contributed by atoms with Crippen LogP contribution in [-0.2, 0) is 6.54 Å². The summed E-state index contributed by atoms with van der Waals surface area (Å²) in [6.45, 7) is 3.31. The van der Waals surface area contributed by atoms with E-state index in [0.29, 0.717) is 24.7 Å². The number of nitroso groups, excluding NO2 is 1. The summed E-state index contributed by atoms with van der Waals surface area (Å²) in [7, 11) is 0. The summed E-state index contributed by atoms with van der Waals surface area (Å²) in [5, 5.41) is 9.21. The molecule has 0 atom stereocenters. The van der Waals surface area contributed by atoms with E-state index >= 15 is 0 Å². The molecule has 0 spiro atoms. The first-order valence-electron chi connectivity index (χ1n) is 7.27. The summed E-state index contributed by atoms with van der Waals surface area (Å²) >= 11 is 0. The number of anilines is 3. The Kier molecular flexibility index (Phi) is 5.65. The summed E-state index contributed by atoms with van der Waals surface area (Å²) in [6, 6.07) is 9.79. The second kappa shape index (κ2) is 7.92. The maximum Gasteiger partial charge on any atom is 0.224 e. The lowest BCUT2D eigenvalue weighted by Crippen LogP contribution is -2.09. The first kappa shape index (κ1) is 15.7. The minimum Gasteiger partial charge on any atom is -0.368 e. The lowest BCUT2D eigenvalue weighted by atomic mass is 10.2. The van der Waals surface area contributed by atoms with Crippen LogP contribution in [0.1, 0.15) is 25.3 Å². The van der Waals surface area contributed by atoms with Gasteiger partial charge in [0.05, 0.1) is 0 Å². The summed E-state index contributed by atoms with van der Waals surface area (Å²) in [5.41, 5.74) is 6.93. The third-order valence-electron chi connectivity index (χ3n) is 3.12. The molecule has 7 heteroatoms. The zero-order valence-corrected chi connectivity index (χ0v) is 12.5. The first-order chi connectivity index (χ1) is 10.7. The fraction of sp³-hybridized carbons (Fsp3) is 0.333. The molecule has 1 heterocycles. The third kappa shape index (κ3) is 4.15. The molecule has 0 radical (unpaired) electrons. The van der Waals surface area contributed by atoms with Crippen LogP contribution in [0.25, 0.3) is 0 Å². The highest BCUT2D eigenvalue weighted by molar-refractivity contribution is 5.75. The standard InChI is InChI=1S/C15H20N6O/c1-2-3-9-17-13-12(21-22)14(20-15(16)19-13)18-10-11-7-5-4-6-8-11/h4-8H,2-3,9-10H2,1H3,(H4,16,17,18,19,20). The van der Waals surface area contributed by atoms with Gasteiger partial charge in [-0.25, -0.2) is 0 Å². The average Bonchev–Trinajstić information content (AvgIpc) is 2.54. The van der Waals surface area contributed by atoms with Gasteiger partial charge in [-0.3, -0.25) is 0 Å². The highest BCUT2D eigenvalue weighted by Gasteiger charge is 2.14. The van der Waals surface area contributed by atoms with E-state index in [1.54, 1.807) is 0 Å². The van der Waals surface area contributed by atoms with Crippen LogP contribution in [0.5, 0.6) is 0 Å². The number of benzene rings is 1. The van der Waals surface area contributed by atoms with Crippen LogP contribution in [-0.4, -0.2) is 16.5 Å². The van der Waals surface area contributed by atoms with Gasteiger partial charge >= 0.3 is 0 Å². The van der Waals surface area contributed by atoms with Crippen molar-refractivity contribution in [3.8, 4) is 0 Å². The summed E-state index contributed by atoms with van der Waals surface area (Å²) in [6.07, 6.45) is 2.01. The van der Waals surface area contributed by atoms with E-state index in [2.05, 4.69) is 32.7 Å². The van der Waals surface area contributed by atoms with E-state index in [-0.39, 0.29) is 11.6 Å². The van der Waals surface area contributed by atoms with Crippen molar-refractivity contribution in [3.05, 3.63) is 40.8 Å². The molecule has 1 aromatic carbocycles. The Balaban J connectivity index is 2.16. The number of unbranched alkanes of at least 4 members (excludes halogenated alkanes) is 1. The van der Waals surface area contributed by atoms with Gasteiger partial charge in [0.15, 0.2) is 17.3 Å². The molecule has 0 aliphatic carbocycles. The van der Waals surface area contributed by atoms with Crippen molar-refractivity contribution in [2.45, 2.75) is 26.3 Å². The number of nitrogens with zero attached hydrogens (tertiary/aromatic N) is 3. The molecule has 0 unspecified atom stereocenters. The normalized spacial score (nSPS) is 10.2. The van der Waals surface area contributed by atoms with Crippen LogP contribution in [0.2, 0.25) is 0 Å². The number of hydrogen-bond acceptors (Lipinski definition) is 7. The molecule has 0 aliphatic heterocycles. The first-order valence-corrected chi connectivity index (χ1v) is 7.27. The highest BCUT2D eigenvalue weighted by atomic mass is 16.3. The van der Waals surface area contributed by atoms with Crippen LogP contribution in [0, 0.1) is 4.91 Å². The van der Waals surface area contributed by atoms with E-state index in [9.17, 15) is 4.91 Å². The monoisotopic (exact) mass is 300 g/mol. The fourth-order valence-electron chi connectivity index (χ4n) is 1.97. The van der Waals surface area contributed by atoms with Crippen LogP contribution in [0.4, 0.5) is 23.3 Å². The molecule has 2 aromatic rings. The molecule has 4 N–H and O–H groups in total. The molecular formula is C15H20N6O. The molecule has 22 heavy (non-hydrogen) atoms. The largest absolute Gasteiger partial charge is 0.368 e. The maximum absolute atomic E-state index is 11.2. The van der Waals surface area contributed by atoms with Gasteiger partial charge in [0.25, 0.3) is 0 Å². The fourth-order valence-corrected chi connectivity index (χ4v) is 1.97. The van der Waals surface area contributed by atoms with Gasteiger partial charge in [-0.1, -0.05) is 43.7 Å². The molecule has 116 valence electrons. The number of rotatable bonds is 8. The minimum atomic E-state index is 0.0990. The Morgan fingerprint density at radius 2 is 1.82 bits per heavy atom. The predicted molar refractivity (Wildman–Crippen MR) is 89.1 cm³/mol. The number of nitrogen functional groups attached to an aromatic ring is 1. The molecule has 0 fully saturated rings. The molecule has 7 nitrogen and oxygen atoms in total. The van der Waals surface area contributed by atoms with Gasteiger partial charge in [0, 0.05) is 13.1 Å². The van der Waals surface area contributed by atoms with Crippen molar-refractivity contribution in [1.29, 1.82) is 0 Å². The average molecular weight is 300 g/mol. The van der Waals surface area contributed by atoms with Crippen molar-refractivity contribution in [2.24, 2.45) is 5.18 Å². The molecule has 0 amide bonds. The van der Waals surface area contributed by atoms with Gasteiger partial charge in [-0.15, -0.1) is 4.91 Å². The Labute approximate surface area is 129 Å². The van der Waals surface area contributed by atoms with E-state index in [1.165, 1.54) is 0 Å². The van der Waals surface area contributed by atoms with E-state index < -0.39 is 0 Å². The van der Waals surface area contributed by atoms with Gasteiger partial charge in [0.1, 0.15) is 0 Å². The molecule has 0 aliphatic rings. The quantitative estimate of drug-likeness (QED) is 0.510. The smallest absolute Gasteiger partial charge is 0.224 e. The summed E-state index contributed by atoms with van der Waals surface area (Å²) < 4.78 is 0.